The summed E-state index contributed by atoms with van der Waals surface area (Å²) in [7, 11) is 0. The van der Waals surface area contributed by atoms with E-state index in [1.807, 2.05) is 23.5 Å². The highest BCUT2D eigenvalue weighted by Crippen LogP contribution is 2.38. The van der Waals surface area contributed by atoms with E-state index in [4.69, 9.17) is 0 Å². The molecule has 0 spiro atoms. The fraction of sp³-hybridized carbons (Fsp3) is 0.846. The molecule has 0 bridgehead atoms. The summed E-state index contributed by atoms with van der Waals surface area (Å²) < 4.78 is 1.55. The molecular weight excluding hydrogens is 236 g/mol. The van der Waals surface area contributed by atoms with Gasteiger partial charge in [0.1, 0.15) is 0 Å². The average Bonchev–Trinajstić information content (AvgIpc) is 2.29. The monoisotopic (exact) mass is 260 g/mol. The van der Waals surface area contributed by atoms with Gasteiger partial charge in [0.2, 0.25) is 0 Å². The van der Waals surface area contributed by atoms with Gasteiger partial charge in [-0.2, -0.15) is 0 Å². The van der Waals surface area contributed by atoms with Crippen molar-refractivity contribution in [1.29, 1.82) is 0 Å². The molecule has 3 heteroatoms. The van der Waals surface area contributed by atoms with Crippen LogP contribution in [-0.2, 0) is 0 Å². The Labute approximate surface area is 108 Å². The minimum absolute atomic E-state index is 0.121. The van der Waals surface area contributed by atoms with Crippen molar-refractivity contribution in [1.82, 2.24) is 0 Å². The summed E-state index contributed by atoms with van der Waals surface area (Å²) in [6.45, 7) is 6.42. The lowest BCUT2D eigenvalue weighted by atomic mass is 10.0. The molecule has 1 aliphatic rings. The third kappa shape index (κ3) is 5.15. The number of aliphatic hydroxyl groups is 1. The van der Waals surface area contributed by atoms with E-state index < -0.39 is 0 Å². The van der Waals surface area contributed by atoms with Crippen LogP contribution in [-0.4, -0.2) is 22.7 Å². The summed E-state index contributed by atoms with van der Waals surface area (Å²) in [5.74, 6) is 2.97. The van der Waals surface area contributed by atoms with Crippen LogP contribution in [0.4, 0.5) is 0 Å². The van der Waals surface area contributed by atoms with E-state index in [1.165, 1.54) is 23.5 Å². The second-order valence-corrected chi connectivity index (χ2v) is 7.29. The molecule has 0 aliphatic carbocycles. The SMILES string of the molecule is CC(CCCC(O)C(C)C)=C1SCCCS1. The molecule has 0 aromatic carbocycles. The van der Waals surface area contributed by atoms with Crippen LogP contribution >= 0.6 is 23.5 Å². The van der Waals surface area contributed by atoms with Crippen molar-refractivity contribution in [2.24, 2.45) is 5.92 Å². The van der Waals surface area contributed by atoms with Crippen molar-refractivity contribution in [3.63, 3.8) is 0 Å². The Balaban J connectivity index is 2.26. The summed E-state index contributed by atoms with van der Waals surface area (Å²) in [5.41, 5.74) is 1.53. The fourth-order valence-corrected chi connectivity index (χ4v) is 4.35. The van der Waals surface area contributed by atoms with Crippen LogP contribution in [0.15, 0.2) is 9.81 Å². The first-order chi connectivity index (χ1) is 7.61. The molecule has 1 rings (SSSR count). The fourth-order valence-electron chi connectivity index (χ4n) is 1.69. The average molecular weight is 260 g/mol. The summed E-state index contributed by atoms with van der Waals surface area (Å²) in [6.07, 6.45) is 4.44. The molecule has 1 saturated heterocycles. The highest BCUT2D eigenvalue weighted by Gasteiger charge is 2.11. The van der Waals surface area contributed by atoms with Gasteiger partial charge in [-0.3, -0.25) is 0 Å². The zero-order chi connectivity index (χ0) is 12.0. The maximum Gasteiger partial charge on any atom is 0.0563 e. The number of allylic oxidation sites excluding steroid dienone is 1. The second-order valence-electron chi connectivity index (χ2n) is 4.82. The van der Waals surface area contributed by atoms with Crippen LogP contribution < -0.4 is 0 Å². The van der Waals surface area contributed by atoms with Gasteiger partial charge in [-0.15, -0.1) is 23.5 Å². The van der Waals surface area contributed by atoms with Crippen LogP contribution in [0, 0.1) is 5.92 Å². The standard InChI is InChI=1S/C13H24OS2/c1-10(2)12(14)7-4-6-11(3)13-15-8-5-9-16-13/h10,12,14H,4-9H2,1-3H3. The zero-order valence-corrected chi connectivity index (χ0v) is 12.3. The molecule has 0 amide bonds. The van der Waals surface area contributed by atoms with Crippen LogP contribution in [0.25, 0.3) is 0 Å². The molecule has 1 aliphatic heterocycles. The van der Waals surface area contributed by atoms with E-state index in [2.05, 4.69) is 20.8 Å². The highest BCUT2D eigenvalue weighted by atomic mass is 32.2. The first-order valence-corrected chi connectivity index (χ1v) is 8.21. The largest absolute Gasteiger partial charge is 0.393 e. The summed E-state index contributed by atoms with van der Waals surface area (Å²) in [6, 6.07) is 0. The minimum atomic E-state index is -0.121. The van der Waals surface area contributed by atoms with Crippen LogP contribution in [0.3, 0.4) is 0 Å². The summed E-state index contributed by atoms with van der Waals surface area (Å²) in [4.78, 5) is 0. The van der Waals surface area contributed by atoms with E-state index in [0.717, 1.165) is 19.3 Å². The Morgan fingerprint density at radius 1 is 1.31 bits per heavy atom. The van der Waals surface area contributed by atoms with Crippen LogP contribution in [0.5, 0.6) is 0 Å². The Bertz CT molecular complexity index is 228. The Hall–Kier alpha value is 0.400. The maximum atomic E-state index is 9.72. The molecule has 1 fully saturated rings. The molecule has 1 atom stereocenters. The van der Waals surface area contributed by atoms with Crippen molar-refractivity contribution in [3.8, 4) is 0 Å². The van der Waals surface area contributed by atoms with E-state index in [0.29, 0.717) is 5.92 Å². The van der Waals surface area contributed by atoms with Gasteiger partial charge in [-0.05, 0) is 50.0 Å². The predicted molar refractivity (Wildman–Crippen MR) is 76.9 cm³/mol. The second kappa shape index (κ2) is 7.67. The normalized spacial score (nSPS) is 18.9. The smallest absolute Gasteiger partial charge is 0.0563 e. The molecule has 1 unspecified atom stereocenters. The lowest BCUT2D eigenvalue weighted by Crippen LogP contribution is -2.14. The molecular formula is C13H24OS2. The van der Waals surface area contributed by atoms with Crippen molar-refractivity contribution >= 4 is 23.5 Å². The van der Waals surface area contributed by atoms with Gasteiger partial charge < -0.3 is 5.11 Å². The van der Waals surface area contributed by atoms with Crippen molar-refractivity contribution in [2.45, 2.75) is 52.6 Å². The number of rotatable bonds is 5. The molecule has 1 heterocycles. The number of hydrogen-bond donors (Lipinski definition) is 1. The highest BCUT2D eigenvalue weighted by molar-refractivity contribution is 8.22. The first-order valence-electron chi connectivity index (χ1n) is 6.24. The summed E-state index contributed by atoms with van der Waals surface area (Å²) >= 11 is 4.03. The molecule has 0 saturated carbocycles. The molecule has 0 radical (unpaired) electrons. The maximum absolute atomic E-state index is 9.72. The molecule has 0 aromatic rings. The van der Waals surface area contributed by atoms with Gasteiger partial charge in [-0.25, -0.2) is 0 Å². The number of thioether (sulfide) groups is 2. The molecule has 16 heavy (non-hydrogen) atoms. The van der Waals surface area contributed by atoms with E-state index in [1.54, 1.807) is 4.24 Å². The van der Waals surface area contributed by atoms with Crippen LogP contribution in [0.1, 0.15) is 46.5 Å². The minimum Gasteiger partial charge on any atom is -0.393 e. The van der Waals surface area contributed by atoms with E-state index in [9.17, 15) is 5.11 Å². The van der Waals surface area contributed by atoms with Gasteiger partial charge in [0.15, 0.2) is 0 Å². The zero-order valence-electron chi connectivity index (χ0n) is 10.7. The van der Waals surface area contributed by atoms with Crippen molar-refractivity contribution in [3.05, 3.63) is 9.81 Å². The van der Waals surface area contributed by atoms with Gasteiger partial charge in [-0.1, -0.05) is 19.4 Å². The number of hydrogen-bond acceptors (Lipinski definition) is 3. The lowest BCUT2D eigenvalue weighted by molar-refractivity contribution is 0.114. The third-order valence-corrected chi connectivity index (χ3v) is 5.84. The Morgan fingerprint density at radius 3 is 2.50 bits per heavy atom. The van der Waals surface area contributed by atoms with Crippen molar-refractivity contribution < 1.29 is 5.11 Å². The molecule has 0 aromatic heterocycles. The van der Waals surface area contributed by atoms with E-state index >= 15 is 0 Å². The third-order valence-electron chi connectivity index (χ3n) is 2.92. The predicted octanol–water partition coefficient (Wildman–Crippen LogP) is 4.28. The summed E-state index contributed by atoms with van der Waals surface area (Å²) in [5, 5.41) is 9.72. The Morgan fingerprint density at radius 2 is 1.94 bits per heavy atom. The molecule has 1 N–H and O–H groups in total. The molecule has 94 valence electrons. The van der Waals surface area contributed by atoms with Gasteiger partial charge in [0.25, 0.3) is 0 Å². The topological polar surface area (TPSA) is 20.2 Å². The van der Waals surface area contributed by atoms with Crippen LogP contribution in [0.2, 0.25) is 0 Å². The van der Waals surface area contributed by atoms with Gasteiger partial charge in [0, 0.05) is 4.24 Å². The van der Waals surface area contributed by atoms with Crippen molar-refractivity contribution in [2.75, 3.05) is 11.5 Å². The Kier molecular flexibility index (Phi) is 6.94. The van der Waals surface area contributed by atoms with E-state index in [-0.39, 0.29) is 6.10 Å². The number of aliphatic hydroxyl groups excluding tert-OH is 1. The molecule has 1 nitrogen and oxygen atoms in total. The lowest BCUT2D eigenvalue weighted by Gasteiger charge is -2.17. The first kappa shape index (κ1) is 14.5. The quantitative estimate of drug-likeness (QED) is 0.797. The van der Waals surface area contributed by atoms with Gasteiger partial charge >= 0.3 is 0 Å². The van der Waals surface area contributed by atoms with Gasteiger partial charge in [0.05, 0.1) is 6.10 Å².